The van der Waals surface area contributed by atoms with Gasteiger partial charge in [0.15, 0.2) is 0 Å². The highest BCUT2D eigenvalue weighted by atomic mass is 19.1. The van der Waals surface area contributed by atoms with Gasteiger partial charge in [0.05, 0.1) is 24.8 Å². The Bertz CT molecular complexity index is 485. The summed E-state index contributed by atoms with van der Waals surface area (Å²) in [6, 6.07) is 5.81. The smallest absolute Gasteiger partial charge is 0.254 e. The largest absolute Gasteiger partial charge is 0.396 e. The molecule has 1 aromatic carbocycles. The molecule has 0 atom stereocenters. The minimum Gasteiger partial charge on any atom is -0.396 e. The maximum absolute atomic E-state index is 13.1. The molecule has 0 saturated heterocycles. The summed E-state index contributed by atoms with van der Waals surface area (Å²) in [5, 5.41) is 8.58. The number of nitrogen functional groups attached to an aromatic ring is 1. The molecule has 0 radical (unpaired) electrons. The van der Waals surface area contributed by atoms with Crippen molar-refractivity contribution in [2.75, 3.05) is 32.5 Å². The minimum absolute atomic E-state index is 0.0715. The molecule has 6 heteroatoms. The van der Waals surface area contributed by atoms with E-state index in [2.05, 4.69) is 0 Å². The molecule has 0 aromatic heterocycles. The van der Waals surface area contributed by atoms with Crippen LogP contribution in [0.2, 0.25) is 0 Å². The van der Waals surface area contributed by atoms with Gasteiger partial charge in [-0.3, -0.25) is 4.79 Å². The third kappa shape index (κ3) is 4.23. The van der Waals surface area contributed by atoms with Crippen molar-refractivity contribution < 1.29 is 13.9 Å². The summed E-state index contributed by atoms with van der Waals surface area (Å²) in [5.74, 6) is -0.851. The molecule has 1 aromatic rings. The number of benzene rings is 1. The van der Waals surface area contributed by atoms with Crippen LogP contribution in [-0.2, 0) is 4.74 Å². The highest BCUT2D eigenvalue weighted by molar-refractivity contribution is 5.95. The highest BCUT2D eigenvalue weighted by Gasteiger charge is 2.16. The second kappa shape index (κ2) is 7.34. The van der Waals surface area contributed by atoms with Gasteiger partial charge in [-0.05, 0) is 18.2 Å². The van der Waals surface area contributed by atoms with Crippen LogP contribution in [0.4, 0.5) is 10.1 Å². The van der Waals surface area contributed by atoms with Gasteiger partial charge in [0.1, 0.15) is 5.82 Å². The zero-order valence-electron chi connectivity index (χ0n) is 10.7. The van der Waals surface area contributed by atoms with E-state index in [1.54, 1.807) is 0 Å². The summed E-state index contributed by atoms with van der Waals surface area (Å²) >= 11 is 0. The van der Waals surface area contributed by atoms with Crippen LogP contribution in [0.3, 0.4) is 0 Å². The predicted octanol–water partition coefficient (Wildman–Crippen LogP) is 1.41. The number of ether oxygens (including phenoxy) is 1. The van der Waals surface area contributed by atoms with Gasteiger partial charge in [-0.2, -0.15) is 5.26 Å². The van der Waals surface area contributed by atoms with Gasteiger partial charge in [-0.25, -0.2) is 4.39 Å². The molecular weight excluding hydrogens is 249 g/mol. The fourth-order valence-corrected chi connectivity index (χ4v) is 1.56. The Morgan fingerprint density at radius 2 is 2.26 bits per heavy atom. The summed E-state index contributed by atoms with van der Waals surface area (Å²) in [7, 11) is 1.53. The molecule has 0 fully saturated rings. The lowest BCUT2D eigenvalue weighted by molar-refractivity contribution is 0.0700. The Morgan fingerprint density at radius 3 is 2.84 bits per heavy atom. The molecule has 0 unspecified atom stereocenters. The van der Waals surface area contributed by atoms with E-state index < -0.39 is 5.82 Å². The monoisotopic (exact) mass is 265 g/mol. The van der Waals surface area contributed by atoms with Gasteiger partial charge in [0.2, 0.25) is 0 Å². The van der Waals surface area contributed by atoms with Crippen LogP contribution in [0.25, 0.3) is 0 Å². The number of halogens is 1. The average molecular weight is 265 g/mol. The molecule has 0 bridgehead atoms. The van der Waals surface area contributed by atoms with Crippen molar-refractivity contribution in [2.24, 2.45) is 0 Å². The van der Waals surface area contributed by atoms with Gasteiger partial charge in [0, 0.05) is 25.8 Å². The first-order valence-corrected chi connectivity index (χ1v) is 5.80. The number of rotatable bonds is 6. The second-order valence-electron chi connectivity index (χ2n) is 3.93. The Morgan fingerprint density at radius 1 is 1.53 bits per heavy atom. The van der Waals surface area contributed by atoms with Gasteiger partial charge >= 0.3 is 0 Å². The predicted molar refractivity (Wildman–Crippen MR) is 68.8 cm³/mol. The summed E-state index contributed by atoms with van der Waals surface area (Å²) in [4.78, 5) is 13.7. The Hall–Kier alpha value is -2.13. The van der Waals surface area contributed by atoms with E-state index in [1.807, 2.05) is 6.07 Å². The molecule has 0 heterocycles. The molecule has 2 N–H and O–H groups in total. The van der Waals surface area contributed by atoms with E-state index >= 15 is 0 Å². The van der Waals surface area contributed by atoms with E-state index in [1.165, 1.54) is 24.1 Å². The molecule has 0 spiro atoms. The molecule has 19 heavy (non-hydrogen) atoms. The zero-order valence-corrected chi connectivity index (χ0v) is 10.7. The van der Waals surface area contributed by atoms with Gasteiger partial charge < -0.3 is 15.4 Å². The summed E-state index contributed by atoms with van der Waals surface area (Å²) < 4.78 is 18.0. The molecule has 1 amide bonds. The lowest BCUT2D eigenvalue weighted by atomic mass is 10.1. The SMILES string of the molecule is COCCN(CCC#N)C(=O)c1ccc(F)c(N)c1. The third-order valence-electron chi connectivity index (χ3n) is 2.59. The van der Waals surface area contributed by atoms with E-state index in [0.29, 0.717) is 25.3 Å². The van der Waals surface area contributed by atoms with Crippen molar-refractivity contribution in [3.05, 3.63) is 29.6 Å². The molecule has 0 aliphatic rings. The van der Waals surface area contributed by atoms with Crippen LogP contribution in [0.1, 0.15) is 16.8 Å². The van der Waals surface area contributed by atoms with Crippen molar-refractivity contribution in [1.82, 2.24) is 4.90 Å². The normalized spacial score (nSPS) is 9.95. The van der Waals surface area contributed by atoms with Crippen molar-refractivity contribution in [3.8, 4) is 6.07 Å². The number of hydrogen-bond donors (Lipinski definition) is 1. The summed E-state index contributed by atoms with van der Waals surface area (Å²) in [5.41, 5.74) is 5.66. The first-order valence-electron chi connectivity index (χ1n) is 5.80. The highest BCUT2D eigenvalue weighted by Crippen LogP contribution is 2.14. The molecule has 0 aliphatic carbocycles. The Balaban J connectivity index is 2.84. The van der Waals surface area contributed by atoms with Gasteiger partial charge in [-0.1, -0.05) is 0 Å². The summed E-state index contributed by atoms with van der Waals surface area (Å²) in [6.45, 7) is 1.04. The van der Waals surface area contributed by atoms with Crippen molar-refractivity contribution in [1.29, 1.82) is 5.26 Å². The lowest BCUT2D eigenvalue weighted by Crippen LogP contribution is -2.34. The number of anilines is 1. The summed E-state index contributed by atoms with van der Waals surface area (Å²) in [6.07, 6.45) is 0.228. The number of nitriles is 1. The van der Waals surface area contributed by atoms with Crippen LogP contribution in [0.5, 0.6) is 0 Å². The van der Waals surface area contributed by atoms with Gasteiger partial charge in [-0.15, -0.1) is 0 Å². The Labute approximate surface area is 111 Å². The number of carbonyl (C=O) groups excluding carboxylic acids is 1. The van der Waals surface area contributed by atoms with E-state index in [0.717, 1.165) is 6.07 Å². The fourth-order valence-electron chi connectivity index (χ4n) is 1.56. The first kappa shape index (κ1) is 14.9. The van der Waals surface area contributed by atoms with Crippen molar-refractivity contribution in [2.45, 2.75) is 6.42 Å². The zero-order chi connectivity index (χ0) is 14.3. The van der Waals surface area contributed by atoms with Crippen molar-refractivity contribution >= 4 is 11.6 Å². The molecule has 0 saturated carbocycles. The standard InChI is InChI=1S/C13H16FN3O2/c1-19-8-7-17(6-2-5-15)13(18)10-3-4-11(14)12(16)9-10/h3-4,9H,2,6-8,16H2,1H3. The maximum Gasteiger partial charge on any atom is 0.254 e. The van der Waals surface area contributed by atoms with Crippen LogP contribution in [0.15, 0.2) is 18.2 Å². The van der Waals surface area contributed by atoms with E-state index in [9.17, 15) is 9.18 Å². The molecule has 0 aliphatic heterocycles. The quantitative estimate of drug-likeness (QED) is 0.789. The molecule has 102 valence electrons. The average Bonchev–Trinajstić information content (AvgIpc) is 2.41. The molecule has 1 rings (SSSR count). The first-order chi connectivity index (χ1) is 9.10. The number of nitrogens with two attached hydrogens (primary N) is 1. The number of hydrogen-bond acceptors (Lipinski definition) is 4. The molecule has 5 nitrogen and oxygen atoms in total. The lowest BCUT2D eigenvalue weighted by Gasteiger charge is -2.21. The minimum atomic E-state index is -0.558. The topological polar surface area (TPSA) is 79.3 Å². The third-order valence-corrected chi connectivity index (χ3v) is 2.59. The van der Waals surface area contributed by atoms with Crippen LogP contribution >= 0.6 is 0 Å². The number of methoxy groups -OCH3 is 1. The van der Waals surface area contributed by atoms with E-state index in [4.69, 9.17) is 15.7 Å². The van der Waals surface area contributed by atoms with Crippen molar-refractivity contribution in [3.63, 3.8) is 0 Å². The van der Waals surface area contributed by atoms with E-state index in [-0.39, 0.29) is 18.0 Å². The second-order valence-corrected chi connectivity index (χ2v) is 3.93. The van der Waals surface area contributed by atoms with Crippen LogP contribution in [0, 0.1) is 17.1 Å². The maximum atomic E-state index is 13.1. The van der Waals surface area contributed by atoms with Crippen LogP contribution < -0.4 is 5.73 Å². The van der Waals surface area contributed by atoms with Gasteiger partial charge in [0.25, 0.3) is 5.91 Å². The number of carbonyl (C=O) groups is 1. The number of nitrogens with zero attached hydrogens (tertiary/aromatic N) is 2. The molecular formula is C13H16FN3O2. The Kier molecular flexibility index (Phi) is 5.76. The fraction of sp³-hybridized carbons (Fsp3) is 0.385. The van der Waals surface area contributed by atoms with Crippen LogP contribution in [-0.4, -0.2) is 37.6 Å². The number of amides is 1.